The first-order valence-electron chi connectivity index (χ1n) is 16.1. The van der Waals surface area contributed by atoms with Crippen LogP contribution in [0.5, 0.6) is 17.2 Å². The van der Waals surface area contributed by atoms with E-state index >= 15 is 0 Å². The number of anilines is 2. The number of aromatic amines is 1. The summed E-state index contributed by atoms with van der Waals surface area (Å²) in [7, 11) is 1.58. The number of H-pyrrole nitrogens is 1. The minimum atomic E-state index is -0.422. The minimum Gasteiger partial charge on any atom is -0.497 e. The van der Waals surface area contributed by atoms with E-state index in [9.17, 15) is 19.2 Å². The zero-order valence-electron chi connectivity index (χ0n) is 26.5. The van der Waals surface area contributed by atoms with Crippen molar-refractivity contribution in [2.24, 2.45) is 29.6 Å². The Balaban J connectivity index is 1.09. The molecular weight excluding hydrogens is 686 g/mol. The number of fused-ring (bicyclic) bond motifs is 9. The smallest absolute Gasteiger partial charge is 0.305 e. The minimum absolute atomic E-state index is 0.00290. The molecule has 1 aromatic heterocycles. The molecule has 0 spiro atoms. The molecule has 2 aliphatic heterocycles. The number of hydrogen-bond acceptors (Lipinski definition) is 9. The van der Waals surface area contributed by atoms with E-state index < -0.39 is 11.8 Å². The van der Waals surface area contributed by atoms with Gasteiger partial charge < -0.3 is 24.5 Å². The molecule has 10 nitrogen and oxygen atoms in total. The fourth-order valence-electron chi connectivity index (χ4n) is 8.36. The highest BCUT2D eigenvalue weighted by atomic mass is 35.5. The second-order valence-electron chi connectivity index (χ2n) is 12.7. The van der Waals surface area contributed by atoms with Crippen molar-refractivity contribution in [3.63, 3.8) is 0 Å². The molecule has 3 heterocycles. The van der Waals surface area contributed by atoms with Gasteiger partial charge in [-0.2, -0.15) is 0 Å². The van der Waals surface area contributed by atoms with E-state index in [-0.39, 0.29) is 58.1 Å². The van der Waals surface area contributed by atoms with E-state index in [2.05, 4.69) is 10.3 Å². The van der Waals surface area contributed by atoms with Gasteiger partial charge >= 0.3 is 4.87 Å². The van der Waals surface area contributed by atoms with Gasteiger partial charge in [0.15, 0.2) is 18.1 Å². The molecule has 2 saturated carbocycles. The molecule has 1 saturated heterocycles. The summed E-state index contributed by atoms with van der Waals surface area (Å²) in [5.74, 6) is -0.109. The number of nitrogens with one attached hydrogen (secondary N) is 2. The number of halogens is 1. The summed E-state index contributed by atoms with van der Waals surface area (Å²) >= 11 is 8.79. The number of benzene rings is 3. The summed E-state index contributed by atoms with van der Waals surface area (Å²) in [6.45, 7) is 2.02. The van der Waals surface area contributed by atoms with E-state index in [1.807, 2.05) is 19.1 Å². The molecule has 2 N–H and O–H groups in total. The number of carbonyl (C=O) groups is 3. The summed E-state index contributed by atoms with van der Waals surface area (Å²) in [5.41, 5.74) is 2.09. The number of imide groups is 1. The highest BCUT2D eigenvalue weighted by Crippen LogP contribution is 2.68. The number of nitrogens with zero attached hydrogens (tertiary/aromatic N) is 1. The summed E-state index contributed by atoms with van der Waals surface area (Å²) in [6, 6.07) is 19.5. The van der Waals surface area contributed by atoms with Gasteiger partial charge in [0, 0.05) is 26.8 Å². The molecule has 8 rings (SSSR count). The van der Waals surface area contributed by atoms with Crippen LogP contribution >= 0.6 is 34.7 Å². The zero-order chi connectivity index (χ0) is 34.0. The normalized spacial score (nSPS) is 26.3. The van der Waals surface area contributed by atoms with Crippen molar-refractivity contribution in [3.05, 3.63) is 91.9 Å². The van der Waals surface area contributed by atoms with Crippen LogP contribution in [0.15, 0.2) is 76.6 Å². The maximum atomic E-state index is 14.1. The maximum absolute atomic E-state index is 14.1. The van der Waals surface area contributed by atoms with Crippen LogP contribution in [0.25, 0.3) is 0 Å². The molecule has 4 aliphatic rings. The fourth-order valence-corrected chi connectivity index (χ4v) is 11.4. The van der Waals surface area contributed by atoms with Crippen molar-refractivity contribution >= 4 is 63.8 Å². The first-order valence-corrected chi connectivity index (χ1v) is 18.2. The molecule has 3 aromatic carbocycles. The zero-order valence-corrected chi connectivity index (χ0v) is 28.9. The fraction of sp³-hybridized carbons (Fsp3) is 0.333. The molecular formula is C36H32ClN3O7S2. The van der Waals surface area contributed by atoms with Crippen LogP contribution in [-0.4, -0.2) is 48.3 Å². The number of amides is 3. The average Bonchev–Trinajstić information content (AvgIpc) is 3.84. The van der Waals surface area contributed by atoms with Crippen LogP contribution in [0.2, 0.25) is 5.02 Å². The molecule has 13 heteroatoms. The lowest BCUT2D eigenvalue weighted by atomic mass is 9.68. The Morgan fingerprint density at radius 2 is 1.69 bits per heavy atom. The van der Waals surface area contributed by atoms with Crippen LogP contribution in [-0.2, 0) is 14.4 Å². The lowest BCUT2D eigenvalue weighted by molar-refractivity contribution is -0.123. The van der Waals surface area contributed by atoms with Gasteiger partial charge in [-0.3, -0.25) is 24.1 Å². The number of thiazole rings is 1. The molecule has 7 atom stereocenters. The molecule has 2 aliphatic carbocycles. The van der Waals surface area contributed by atoms with Crippen molar-refractivity contribution in [2.45, 2.75) is 29.5 Å². The van der Waals surface area contributed by atoms with E-state index in [1.165, 1.54) is 16.2 Å². The van der Waals surface area contributed by atoms with E-state index in [1.54, 1.807) is 73.5 Å². The van der Waals surface area contributed by atoms with Gasteiger partial charge in [-0.05, 0) is 97.3 Å². The van der Waals surface area contributed by atoms with E-state index in [4.69, 9.17) is 25.8 Å². The van der Waals surface area contributed by atoms with Crippen LogP contribution < -0.4 is 29.3 Å². The summed E-state index contributed by atoms with van der Waals surface area (Å²) in [4.78, 5) is 58.6. The van der Waals surface area contributed by atoms with Crippen molar-refractivity contribution in [2.75, 3.05) is 30.5 Å². The van der Waals surface area contributed by atoms with Crippen LogP contribution in [0, 0.1) is 29.6 Å². The number of thioether (sulfide) groups is 1. The molecule has 3 fully saturated rings. The third-order valence-electron chi connectivity index (χ3n) is 10.2. The first kappa shape index (κ1) is 32.0. The summed E-state index contributed by atoms with van der Waals surface area (Å²) in [6.07, 6.45) is 0.781. The second kappa shape index (κ2) is 12.6. The second-order valence-corrected chi connectivity index (χ2v) is 15.3. The standard InChI is InChI=1S/C36H32ClN3O7S2/c1-3-46-25-14-17(4-13-24(25)47-16-26(41)38-19-7-5-18(37)6-8-19)27-28-22-15-23(31(28)48-33-32(27)49-36(44)39-33)30-29(22)34(42)40(35(30)43)20-9-11-21(45-2)12-10-20/h4-14,22-23,27-31H,3,15-16H2,1-2H3,(H,38,41)(H,39,44)/t22-,23-,27-,28?,29?,30?,31?/m1/s1. The van der Waals surface area contributed by atoms with Crippen LogP contribution in [0.4, 0.5) is 11.4 Å². The highest BCUT2D eigenvalue weighted by Gasteiger charge is 2.69. The van der Waals surface area contributed by atoms with Crippen molar-refractivity contribution in [1.82, 2.24) is 4.98 Å². The Bertz CT molecular complexity index is 2010. The predicted octanol–water partition coefficient (Wildman–Crippen LogP) is 6.19. The Hall–Kier alpha value is -4.26. The number of methoxy groups -OCH3 is 1. The number of hydrogen-bond donors (Lipinski definition) is 2. The molecule has 49 heavy (non-hydrogen) atoms. The van der Waals surface area contributed by atoms with Crippen molar-refractivity contribution < 1.29 is 28.6 Å². The van der Waals surface area contributed by atoms with Gasteiger partial charge in [0.1, 0.15) is 5.75 Å². The summed E-state index contributed by atoms with van der Waals surface area (Å²) < 4.78 is 17.2. The Morgan fingerprint density at radius 3 is 2.41 bits per heavy atom. The van der Waals surface area contributed by atoms with Gasteiger partial charge in [0.25, 0.3) is 5.91 Å². The maximum Gasteiger partial charge on any atom is 0.305 e. The van der Waals surface area contributed by atoms with E-state index in [0.29, 0.717) is 40.3 Å². The lowest BCUT2D eigenvalue weighted by Crippen LogP contribution is -2.42. The third-order valence-corrected chi connectivity index (χ3v) is 13.0. The van der Waals surface area contributed by atoms with Gasteiger partial charge in [-0.25, -0.2) is 0 Å². The monoisotopic (exact) mass is 717 g/mol. The van der Waals surface area contributed by atoms with Crippen LogP contribution in [0.1, 0.15) is 29.7 Å². The predicted molar refractivity (Wildman–Crippen MR) is 187 cm³/mol. The highest BCUT2D eigenvalue weighted by molar-refractivity contribution is 8.00. The lowest BCUT2D eigenvalue weighted by Gasteiger charge is -2.43. The average molecular weight is 718 g/mol. The molecule has 0 radical (unpaired) electrons. The Kier molecular flexibility index (Phi) is 8.20. The number of aromatic nitrogens is 1. The molecule has 252 valence electrons. The number of carbonyl (C=O) groups excluding carboxylic acids is 3. The third kappa shape index (κ3) is 5.40. The SMILES string of the molecule is CCOc1cc([C@H]2c3sc(=O)[nH]c3SC3C2[C@H]2C[C@@H]3C3C(=O)N(c4ccc(OC)cc4)C(=O)C32)ccc1OCC(=O)Nc1ccc(Cl)cc1. The molecule has 4 aromatic rings. The molecule has 4 unspecified atom stereocenters. The molecule has 2 bridgehead atoms. The van der Waals surface area contributed by atoms with Gasteiger partial charge in [-0.1, -0.05) is 29.0 Å². The van der Waals surface area contributed by atoms with Gasteiger partial charge in [-0.15, -0.1) is 11.8 Å². The first-order chi connectivity index (χ1) is 23.7. The Labute approximate surface area is 295 Å². The quantitative estimate of drug-likeness (QED) is 0.196. The van der Waals surface area contributed by atoms with Gasteiger partial charge in [0.2, 0.25) is 11.8 Å². The van der Waals surface area contributed by atoms with E-state index in [0.717, 1.165) is 21.9 Å². The summed E-state index contributed by atoms with van der Waals surface area (Å²) in [5, 5.41) is 4.24. The number of ether oxygens (including phenoxy) is 3. The molecule has 3 amide bonds. The van der Waals surface area contributed by atoms with Crippen molar-refractivity contribution in [1.29, 1.82) is 0 Å². The largest absolute Gasteiger partial charge is 0.497 e. The van der Waals surface area contributed by atoms with Crippen LogP contribution in [0.3, 0.4) is 0 Å². The van der Waals surface area contributed by atoms with Gasteiger partial charge in [0.05, 0.1) is 36.3 Å². The topological polar surface area (TPSA) is 127 Å². The number of rotatable bonds is 9. The van der Waals surface area contributed by atoms with Crippen molar-refractivity contribution in [3.8, 4) is 17.2 Å². The Morgan fingerprint density at radius 1 is 0.959 bits per heavy atom.